The van der Waals surface area contributed by atoms with E-state index in [4.69, 9.17) is 5.73 Å². The van der Waals surface area contributed by atoms with Gasteiger partial charge >= 0.3 is 0 Å². The highest BCUT2D eigenvalue weighted by Gasteiger charge is 2.24. The average molecular weight is 368 g/mol. The van der Waals surface area contributed by atoms with Crippen LogP contribution < -0.4 is 5.73 Å². The van der Waals surface area contributed by atoms with Gasteiger partial charge in [-0.15, -0.1) is 0 Å². The van der Waals surface area contributed by atoms with Crippen molar-refractivity contribution in [1.29, 1.82) is 0 Å². The maximum absolute atomic E-state index is 12.5. The van der Waals surface area contributed by atoms with E-state index in [1.807, 2.05) is 18.2 Å². The standard InChI is InChI=1S/C19H20N4O4/c20-18(24)15-6-7-16(17(12-15)23(26)27)13-21-8-10-22(11-9-21)19(25)14-4-2-1-3-5-14/h1-7,12H,8-11,13H2,(H2,20,24). The number of primary amides is 1. The summed E-state index contributed by atoms with van der Waals surface area (Å²) < 4.78 is 0. The summed E-state index contributed by atoms with van der Waals surface area (Å²) in [5.74, 6) is -0.704. The van der Waals surface area contributed by atoms with E-state index in [0.717, 1.165) is 0 Å². The molecule has 1 aliphatic heterocycles. The lowest BCUT2D eigenvalue weighted by molar-refractivity contribution is -0.385. The maximum atomic E-state index is 12.5. The molecule has 1 fully saturated rings. The summed E-state index contributed by atoms with van der Waals surface area (Å²) in [5.41, 5.74) is 6.37. The zero-order chi connectivity index (χ0) is 19.4. The van der Waals surface area contributed by atoms with E-state index in [1.54, 1.807) is 23.1 Å². The van der Waals surface area contributed by atoms with Crippen LogP contribution >= 0.6 is 0 Å². The summed E-state index contributed by atoms with van der Waals surface area (Å²) in [6.07, 6.45) is 0. The van der Waals surface area contributed by atoms with Crippen LogP contribution in [0.15, 0.2) is 48.5 Å². The Balaban J connectivity index is 1.65. The Kier molecular flexibility index (Phi) is 5.46. The molecule has 2 amide bonds. The van der Waals surface area contributed by atoms with Gasteiger partial charge in [0.1, 0.15) is 0 Å². The van der Waals surface area contributed by atoms with Crippen LogP contribution in [-0.2, 0) is 6.54 Å². The highest BCUT2D eigenvalue weighted by molar-refractivity contribution is 5.94. The second-order valence-electron chi connectivity index (χ2n) is 6.40. The number of hydrogen-bond donors (Lipinski definition) is 1. The van der Waals surface area contributed by atoms with Crippen molar-refractivity contribution in [2.45, 2.75) is 6.54 Å². The number of rotatable bonds is 5. The van der Waals surface area contributed by atoms with Crippen LogP contribution in [-0.4, -0.2) is 52.7 Å². The Bertz CT molecular complexity index is 861. The van der Waals surface area contributed by atoms with E-state index >= 15 is 0 Å². The third-order valence-corrected chi connectivity index (χ3v) is 4.64. The molecule has 27 heavy (non-hydrogen) atoms. The summed E-state index contributed by atoms with van der Waals surface area (Å²) in [6, 6.07) is 13.4. The number of amides is 2. The van der Waals surface area contributed by atoms with Gasteiger partial charge in [0, 0.05) is 55.5 Å². The van der Waals surface area contributed by atoms with Crippen LogP contribution in [0, 0.1) is 10.1 Å². The van der Waals surface area contributed by atoms with E-state index in [1.165, 1.54) is 12.1 Å². The Hall–Kier alpha value is -3.26. The lowest BCUT2D eigenvalue weighted by Gasteiger charge is -2.34. The number of carbonyl (C=O) groups excluding carboxylic acids is 2. The molecular formula is C19H20N4O4. The number of piperazine rings is 1. The molecule has 1 aliphatic rings. The van der Waals surface area contributed by atoms with Crippen molar-refractivity contribution in [3.8, 4) is 0 Å². The fraction of sp³-hybridized carbons (Fsp3) is 0.263. The number of hydrogen-bond acceptors (Lipinski definition) is 5. The monoisotopic (exact) mass is 368 g/mol. The molecule has 3 rings (SSSR count). The molecule has 140 valence electrons. The predicted octanol–water partition coefficient (Wildman–Crippen LogP) is 1.65. The van der Waals surface area contributed by atoms with Gasteiger partial charge in [0.2, 0.25) is 5.91 Å². The lowest BCUT2D eigenvalue weighted by atomic mass is 10.1. The van der Waals surface area contributed by atoms with Gasteiger partial charge in [0.15, 0.2) is 0 Å². The highest BCUT2D eigenvalue weighted by atomic mass is 16.6. The van der Waals surface area contributed by atoms with Gasteiger partial charge in [0.05, 0.1) is 4.92 Å². The molecule has 0 unspecified atom stereocenters. The van der Waals surface area contributed by atoms with Crippen molar-refractivity contribution in [2.24, 2.45) is 5.73 Å². The van der Waals surface area contributed by atoms with Gasteiger partial charge in [-0.25, -0.2) is 0 Å². The van der Waals surface area contributed by atoms with Gasteiger partial charge in [0.25, 0.3) is 11.6 Å². The minimum absolute atomic E-state index is 0.00737. The largest absolute Gasteiger partial charge is 0.366 e. The summed E-state index contributed by atoms with van der Waals surface area (Å²) in [6.45, 7) is 2.73. The molecule has 0 atom stereocenters. The van der Waals surface area contributed by atoms with E-state index in [9.17, 15) is 19.7 Å². The van der Waals surface area contributed by atoms with E-state index in [2.05, 4.69) is 4.90 Å². The Morgan fingerprint density at radius 1 is 1.00 bits per heavy atom. The van der Waals surface area contributed by atoms with Crippen molar-refractivity contribution in [2.75, 3.05) is 26.2 Å². The second kappa shape index (κ2) is 7.96. The lowest BCUT2D eigenvalue weighted by Crippen LogP contribution is -2.48. The Morgan fingerprint density at radius 2 is 1.67 bits per heavy atom. The zero-order valence-electron chi connectivity index (χ0n) is 14.7. The number of carbonyl (C=O) groups is 2. The van der Waals surface area contributed by atoms with Gasteiger partial charge in [-0.2, -0.15) is 0 Å². The van der Waals surface area contributed by atoms with Crippen molar-refractivity contribution >= 4 is 17.5 Å². The predicted molar refractivity (Wildman–Crippen MR) is 99.2 cm³/mol. The Morgan fingerprint density at radius 3 is 2.26 bits per heavy atom. The molecule has 0 saturated carbocycles. The molecule has 0 radical (unpaired) electrons. The van der Waals surface area contributed by atoms with Crippen molar-refractivity contribution < 1.29 is 14.5 Å². The molecule has 1 heterocycles. The summed E-state index contributed by atoms with van der Waals surface area (Å²) in [4.78, 5) is 38.4. The first kappa shape index (κ1) is 18.5. The van der Waals surface area contributed by atoms with E-state index in [0.29, 0.717) is 43.9 Å². The van der Waals surface area contributed by atoms with Crippen LogP contribution in [0.4, 0.5) is 5.69 Å². The van der Waals surface area contributed by atoms with Gasteiger partial charge in [-0.05, 0) is 18.2 Å². The average Bonchev–Trinajstić information content (AvgIpc) is 2.68. The molecule has 8 heteroatoms. The Labute approximate surface area is 156 Å². The number of nitro benzene ring substituents is 1. The highest BCUT2D eigenvalue weighted by Crippen LogP contribution is 2.22. The molecule has 0 bridgehead atoms. The number of benzene rings is 2. The molecule has 1 saturated heterocycles. The number of nitrogens with two attached hydrogens (primary N) is 1. The number of nitro groups is 1. The topological polar surface area (TPSA) is 110 Å². The molecule has 2 aromatic carbocycles. The summed E-state index contributed by atoms with van der Waals surface area (Å²) >= 11 is 0. The van der Waals surface area contributed by atoms with Crippen molar-refractivity contribution in [3.63, 3.8) is 0 Å². The van der Waals surface area contributed by atoms with Crippen LogP contribution in [0.5, 0.6) is 0 Å². The fourth-order valence-electron chi connectivity index (χ4n) is 3.13. The second-order valence-corrected chi connectivity index (χ2v) is 6.40. The molecule has 8 nitrogen and oxygen atoms in total. The van der Waals surface area contributed by atoms with Crippen LogP contribution in [0.2, 0.25) is 0 Å². The third kappa shape index (κ3) is 4.29. The summed E-state index contributed by atoms with van der Waals surface area (Å²) in [7, 11) is 0. The van der Waals surface area contributed by atoms with Gasteiger partial charge in [-0.1, -0.05) is 24.3 Å². The molecule has 0 aromatic heterocycles. The first-order valence-corrected chi connectivity index (χ1v) is 8.59. The molecule has 0 spiro atoms. The number of nitrogens with zero attached hydrogens (tertiary/aromatic N) is 3. The third-order valence-electron chi connectivity index (χ3n) is 4.64. The van der Waals surface area contributed by atoms with Gasteiger partial charge in [-0.3, -0.25) is 24.6 Å². The smallest absolute Gasteiger partial charge is 0.274 e. The summed E-state index contributed by atoms with van der Waals surface area (Å²) in [5, 5.41) is 11.3. The van der Waals surface area contributed by atoms with Crippen LogP contribution in [0.25, 0.3) is 0 Å². The zero-order valence-corrected chi connectivity index (χ0v) is 14.7. The molecular weight excluding hydrogens is 348 g/mol. The normalized spacial score (nSPS) is 14.7. The van der Waals surface area contributed by atoms with E-state index in [-0.39, 0.29) is 17.2 Å². The SMILES string of the molecule is NC(=O)c1ccc(CN2CCN(C(=O)c3ccccc3)CC2)c([N+](=O)[O-])c1. The molecule has 2 N–H and O–H groups in total. The molecule has 2 aromatic rings. The van der Waals surface area contributed by atoms with Crippen molar-refractivity contribution in [1.82, 2.24) is 9.80 Å². The fourth-order valence-corrected chi connectivity index (χ4v) is 3.13. The first-order chi connectivity index (χ1) is 13.0. The maximum Gasteiger partial charge on any atom is 0.274 e. The van der Waals surface area contributed by atoms with Gasteiger partial charge < -0.3 is 10.6 Å². The minimum Gasteiger partial charge on any atom is -0.366 e. The van der Waals surface area contributed by atoms with Crippen molar-refractivity contribution in [3.05, 3.63) is 75.3 Å². The minimum atomic E-state index is -0.697. The van der Waals surface area contributed by atoms with Crippen LogP contribution in [0.3, 0.4) is 0 Å². The quantitative estimate of drug-likeness (QED) is 0.637. The van der Waals surface area contributed by atoms with Crippen LogP contribution in [0.1, 0.15) is 26.3 Å². The van der Waals surface area contributed by atoms with E-state index < -0.39 is 10.8 Å². The first-order valence-electron chi connectivity index (χ1n) is 8.59. The molecule has 0 aliphatic carbocycles.